The Hall–Kier alpha value is -2.88. The van der Waals surface area contributed by atoms with Gasteiger partial charge < -0.3 is 10.0 Å². The molecule has 0 saturated carbocycles. The van der Waals surface area contributed by atoms with Crippen molar-refractivity contribution in [2.45, 2.75) is 25.7 Å². The highest BCUT2D eigenvalue weighted by Gasteiger charge is 2.30. The summed E-state index contributed by atoms with van der Waals surface area (Å²) in [6.07, 6.45) is -2.64. The molecule has 1 amide bonds. The molecule has 156 valence electrons. The van der Waals surface area contributed by atoms with Gasteiger partial charge in [0.2, 0.25) is 5.91 Å². The van der Waals surface area contributed by atoms with E-state index >= 15 is 0 Å². The van der Waals surface area contributed by atoms with Crippen molar-refractivity contribution in [1.29, 1.82) is 0 Å². The lowest BCUT2D eigenvalue weighted by Crippen LogP contribution is -2.48. The number of rotatable bonds is 6. The lowest BCUT2D eigenvalue weighted by Gasteiger charge is -2.35. The number of aromatic carboxylic acids is 1. The third-order valence-corrected chi connectivity index (χ3v) is 4.80. The van der Waals surface area contributed by atoms with E-state index in [2.05, 4.69) is 5.10 Å². The average molecular weight is 410 g/mol. The maximum absolute atomic E-state index is 12.8. The molecule has 1 fully saturated rings. The van der Waals surface area contributed by atoms with E-state index in [1.165, 1.54) is 23.0 Å². The van der Waals surface area contributed by atoms with Crippen LogP contribution in [0.15, 0.2) is 36.5 Å². The van der Waals surface area contributed by atoms with Crippen LogP contribution in [0.2, 0.25) is 0 Å². The summed E-state index contributed by atoms with van der Waals surface area (Å²) in [5.41, 5.74) is -0.137. The number of aryl methyl sites for hydroxylation is 1. The monoisotopic (exact) mass is 410 g/mol. The Bertz CT molecular complexity index is 874. The van der Waals surface area contributed by atoms with Crippen molar-refractivity contribution in [2.75, 3.05) is 26.2 Å². The van der Waals surface area contributed by atoms with Gasteiger partial charge in [-0.05, 0) is 17.7 Å². The van der Waals surface area contributed by atoms with E-state index in [0.29, 0.717) is 38.3 Å². The fraction of sp³-hybridized carbons (Fsp3) is 0.421. The Labute approximate surface area is 165 Å². The molecular weight excluding hydrogens is 389 g/mol. The molecule has 1 aromatic carbocycles. The standard InChI is InChI=1S/C19H21F3N4O3/c20-19(21,22)15-3-1-2-14(12-15)13-24-8-10-25(11-9-24)17(27)5-7-26-6-4-16(23-26)18(28)29/h1-4,6,12H,5,7-11,13H2,(H,28,29). The van der Waals surface area contributed by atoms with Crippen LogP contribution in [0, 0.1) is 0 Å². The van der Waals surface area contributed by atoms with Crippen molar-refractivity contribution in [3.05, 3.63) is 53.3 Å². The molecule has 10 heteroatoms. The normalized spacial score (nSPS) is 15.5. The molecule has 0 unspecified atom stereocenters. The van der Waals surface area contributed by atoms with E-state index in [-0.39, 0.29) is 24.6 Å². The van der Waals surface area contributed by atoms with Crippen LogP contribution >= 0.6 is 0 Å². The van der Waals surface area contributed by atoms with Gasteiger partial charge in [0.15, 0.2) is 5.69 Å². The minimum absolute atomic E-state index is 0.0592. The lowest BCUT2D eigenvalue weighted by molar-refractivity contribution is -0.137. The van der Waals surface area contributed by atoms with Gasteiger partial charge in [0.25, 0.3) is 0 Å². The average Bonchev–Trinajstić information content (AvgIpc) is 3.16. The lowest BCUT2D eigenvalue weighted by atomic mass is 10.1. The number of carboxylic acids is 1. The van der Waals surface area contributed by atoms with Gasteiger partial charge in [0, 0.05) is 51.9 Å². The first-order chi connectivity index (χ1) is 13.7. The molecule has 29 heavy (non-hydrogen) atoms. The summed E-state index contributed by atoms with van der Waals surface area (Å²) in [7, 11) is 0. The van der Waals surface area contributed by atoms with E-state index in [9.17, 15) is 22.8 Å². The Balaban J connectivity index is 1.46. The van der Waals surface area contributed by atoms with Crippen molar-refractivity contribution in [3.8, 4) is 0 Å². The van der Waals surface area contributed by atoms with E-state index in [4.69, 9.17) is 5.11 Å². The number of amides is 1. The number of halogens is 3. The molecule has 2 aromatic rings. The van der Waals surface area contributed by atoms with Crippen LogP contribution in [-0.4, -0.2) is 62.7 Å². The topological polar surface area (TPSA) is 78.7 Å². The maximum Gasteiger partial charge on any atom is 0.416 e. The number of benzene rings is 1. The van der Waals surface area contributed by atoms with Gasteiger partial charge in [0.05, 0.1) is 5.56 Å². The summed E-state index contributed by atoms with van der Waals surface area (Å²) < 4.78 is 39.9. The van der Waals surface area contributed by atoms with Crippen molar-refractivity contribution in [1.82, 2.24) is 19.6 Å². The second-order valence-corrected chi connectivity index (χ2v) is 6.87. The summed E-state index contributed by atoms with van der Waals surface area (Å²) in [5.74, 6) is -1.18. The first-order valence-corrected chi connectivity index (χ1v) is 9.15. The van der Waals surface area contributed by atoms with E-state index in [0.717, 1.165) is 12.1 Å². The molecule has 1 N–H and O–H groups in total. The summed E-state index contributed by atoms with van der Waals surface area (Å²) in [5, 5.41) is 12.7. The molecule has 0 bridgehead atoms. The van der Waals surface area contributed by atoms with E-state index in [1.54, 1.807) is 11.0 Å². The SMILES string of the molecule is O=C(O)c1ccn(CCC(=O)N2CCN(Cc3cccc(C(F)(F)F)c3)CC2)n1. The molecular formula is C19H21F3N4O3. The second-order valence-electron chi connectivity index (χ2n) is 6.87. The largest absolute Gasteiger partial charge is 0.476 e. The molecule has 0 atom stereocenters. The number of carboxylic acid groups (broad SMARTS) is 1. The summed E-state index contributed by atoms with van der Waals surface area (Å²) in [6.45, 7) is 2.84. The zero-order chi connectivity index (χ0) is 21.0. The number of carbonyl (C=O) groups is 2. The van der Waals surface area contributed by atoms with E-state index < -0.39 is 17.7 Å². The molecule has 0 spiro atoms. The summed E-state index contributed by atoms with van der Waals surface area (Å²) in [6, 6.07) is 6.66. The predicted octanol–water partition coefficient (Wildman–Crippen LogP) is 2.33. The Morgan fingerprint density at radius 1 is 1.10 bits per heavy atom. The first-order valence-electron chi connectivity index (χ1n) is 9.15. The zero-order valence-electron chi connectivity index (χ0n) is 15.6. The third-order valence-electron chi connectivity index (χ3n) is 4.80. The van der Waals surface area contributed by atoms with Gasteiger partial charge in [0.1, 0.15) is 0 Å². The number of carbonyl (C=O) groups excluding carboxylic acids is 1. The number of aromatic nitrogens is 2. The Morgan fingerprint density at radius 2 is 1.83 bits per heavy atom. The van der Waals surface area contributed by atoms with Crippen LogP contribution in [0.1, 0.15) is 28.0 Å². The number of hydrogen-bond donors (Lipinski definition) is 1. The van der Waals surface area contributed by atoms with Crippen LogP contribution in [0.5, 0.6) is 0 Å². The van der Waals surface area contributed by atoms with Crippen LogP contribution in [0.25, 0.3) is 0 Å². The Morgan fingerprint density at radius 3 is 2.45 bits per heavy atom. The zero-order valence-corrected chi connectivity index (χ0v) is 15.6. The molecule has 0 radical (unpaired) electrons. The quantitative estimate of drug-likeness (QED) is 0.791. The van der Waals surface area contributed by atoms with Gasteiger partial charge in [-0.2, -0.15) is 18.3 Å². The number of alkyl halides is 3. The highest BCUT2D eigenvalue weighted by atomic mass is 19.4. The minimum atomic E-state index is -4.36. The maximum atomic E-state index is 12.8. The molecule has 0 aliphatic carbocycles. The molecule has 1 saturated heterocycles. The van der Waals surface area contributed by atoms with Crippen molar-refractivity contribution < 1.29 is 27.9 Å². The van der Waals surface area contributed by atoms with Crippen molar-refractivity contribution >= 4 is 11.9 Å². The van der Waals surface area contributed by atoms with Crippen molar-refractivity contribution in [2.24, 2.45) is 0 Å². The molecule has 2 heterocycles. The van der Waals surface area contributed by atoms with Crippen molar-refractivity contribution in [3.63, 3.8) is 0 Å². The van der Waals surface area contributed by atoms with Gasteiger partial charge >= 0.3 is 12.1 Å². The third kappa shape index (κ3) is 5.57. The molecule has 3 rings (SSSR count). The van der Waals surface area contributed by atoms with Gasteiger partial charge in [-0.25, -0.2) is 4.79 Å². The van der Waals surface area contributed by atoms with Gasteiger partial charge in [-0.1, -0.05) is 18.2 Å². The molecule has 1 aromatic heterocycles. The van der Waals surface area contributed by atoms with Gasteiger partial charge in [-0.15, -0.1) is 0 Å². The van der Waals surface area contributed by atoms with Crippen LogP contribution in [-0.2, 0) is 24.1 Å². The molecule has 7 nitrogen and oxygen atoms in total. The molecule has 1 aliphatic heterocycles. The van der Waals surface area contributed by atoms with Crippen LogP contribution in [0.4, 0.5) is 13.2 Å². The number of piperazine rings is 1. The highest BCUT2D eigenvalue weighted by Crippen LogP contribution is 2.29. The second kappa shape index (κ2) is 8.64. The highest BCUT2D eigenvalue weighted by molar-refractivity contribution is 5.85. The van der Waals surface area contributed by atoms with Crippen LogP contribution < -0.4 is 0 Å². The predicted molar refractivity (Wildman–Crippen MR) is 97.1 cm³/mol. The fourth-order valence-electron chi connectivity index (χ4n) is 3.23. The first kappa shape index (κ1) is 20.8. The minimum Gasteiger partial charge on any atom is -0.476 e. The number of hydrogen-bond acceptors (Lipinski definition) is 4. The van der Waals surface area contributed by atoms with E-state index in [1.807, 2.05) is 4.90 Å². The van der Waals surface area contributed by atoms with Crippen LogP contribution in [0.3, 0.4) is 0 Å². The number of nitrogens with zero attached hydrogens (tertiary/aromatic N) is 4. The molecule has 1 aliphatic rings. The summed E-state index contributed by atoms with van der Waals surface area (Å²) >= 11 is 0. The smallest absolute Gasteiger partial charge is 0.416 e. The van der Waals surface area contributed by atoms with Gasteiger partial charge in [-0.3, -0.25) is 14.4 Å². The Kier molecular flexibility index (Phi) is 6.21. The summed E-state index contributed by atoms with van der Waals surface area (Å²) in [4.78, 5) is 26.9. The fourth-order valence-corrected chi connectivity index (χ4v) is 3.23.